The van der Waals surface area contributed by atoms with Gasteiger partial charge in [-0.05, 0) is 56.6 Å². The lowest BCUT2D eigenvalue weighted by molar-refractivity contribution is 0.0938. The van der Waals surface area contributed by atoms with Gasteiger partial charge in [0.05, 0.1) is 0 Å². The highest BCUT2D eigenvalue weighted by atomic mass is 35.5. The lowest BCUT2D eigenvalue weighted by Gasteiger charge is -2.26. The Bertz CT molecular complexity index is 717. The van der Waals surface area contributed by atoms with Crippen molar-refractivity contribution in [3.05, 3.63) is 34.5 Å². The van der Waals surface area contributed by atoms with Crippen LogP contribution >= 0.6 is 11.6 Å². The molecular formula is C18H24ClN3O. The van der Waals surface area contributed by atoms with E-state index in [0.29, 0.717) is 11.6 Å². The Morgan fingerprint density at radius 3 is 2.74 bits per heavy atom. The minimum Gasteiger partial charge on any atom is -0.349 e. The molecule has 3 rings (SSSR count). The Hall–Kier alpha value is -1.52. The van der Waals surface area contributed by atoms with Crippen molar-refractivity contribution < 1.29 is 4.79 Å². The van der Waals surface area contributed by atoms with E-state index in [2.05, 4.69) is 10.2 Å². The zero-order chi connectivity index (χ0) is 16.4. The number of carbonyl (C=O) groups excluding carboxylic acids is 1. The van der Waals surface area contributed by atoms with Crippen LogP contribution in [0, 0.1) is 6.92 Å². The molecular weight excluding hydrogens is 310 g/mol. The van der Waals surface area contributed by atoms with Crippen LogP contribution in [0.25, 0.3) is 10.9 Å². The van der Waals surface area contributed by atoms with E-state index in [9.17, 15) is 4.79 Å². The first-order chi connectivity index (χ1) is 11.1. The molecule has 1 aromatic heterocycles. The van der Waals surface area contributed by atoms with Crippen molar-refractivity contribution in [3.63, 3.8) is 0 Å². The molecule has 1 saturated heterocycles. The zero-order valence-electron chi connectivity index (χ0n) is 13.9. The number of nitrogens with zero attached hydrogens (tertiary/aromatic N) is 2. The van der Waals surface area contributed by atoms with E-state index in [4.69, 9.17) is 11.6 Å². The lowest BCUT2D eigenvalue weighted by atomic mass is 10.1. The number of aryl methyl sites for hydroxylation is 2. The minimum absolute atomic E-state index is 0.00525. The summed E-state index contributed by atoms with van der Waals surface area (Å²) in [5.41, 5.74) is 2.74. The molecule has 1 aliphatic heterocycles. The molecule has 2 aromatic rings. The molecule has 124 valence electrons. The van der Waals surface area contributed by atoms with Crippen molar-refractivity contribution in [2.75, 3.05) is 26.2 Å². The Morgan fingerprint density at radius 1 is 1.26 bits per heavy atom. The first kappa shape index (κ1) is 16.3. The van der Waals surface area contributed by atoms with Gasteiger partial charge in [-0.15, -0.1) is 0 Å². The summed E-state index contributed by atoms with van der Waals surface area (Å²) >= 11 is 6.09. The number of halogens is 1. The summed E-state index contributed by atoms with van der Waals surface area (Å²) in [5, 5.41) is 4.81. The molecule has 1 N–H and O–H groups in total. The number of amides is 1. The van der Waals surface area contributed by atoms with Crippen LogP contribution in [-0.2, 0) is 7.05 Å². The van der Waals surface area contributed by atoms with Gasteiger partial charge in [0.1, 0.15) is 5.69 Å². The fourth-order valence-electron chi connectivity index (χ4n) is 3.52. The third-order valence-corrected chi connectivity index (χ3v) is 5.03. The molecule has 0 bridgehead atoms. The topological polar surface area (TPSA) is 37.3 Å². The van der Waals surface area contributed by atoms with Crippen LogP contribution < -0.4 is 5.32 Å². The van der Waals surface area contributed by atoms with Gasteiger partial charge >= 0.3 is 0 Å². The van der Waals surface area contributed by atoms with Gasteiger partial charge in [0.15, 0.2) is 0 Å². The summed E-state index contributed by atoms with van der Waals surface area (Å²) in [6.45, 7) is 5.92. The molecule has 1 aliphatic rings. The third-order valence-electron chi connectivity index (χ3n) is 4.79. The highest BCUT2D eigenvalue weighted by molar-refractivity contribution is 6.31. The molecule has 0 aliphatic carbocycles. The summed E-state index contributed by atoms with van der Waals surface area (Å²) in [6.07, 6.45) is 3.88. The molecule has 0 unspecified atom stereocenters. The molecule has 0 atom stereocenters. The van der Waals surface area contributed by atoms with Crippen molar-refractivity contribution in [2.24, 2.45) is 7.05 Å². The zero-order valence-corrected chi connectivity index (χ0v) is 14.6. The monoisotopic (exact) mass is 333 g/mol. The van der Waals surface area contributed by atoms with Gasteiger partial charge < -0.3 is 14.8 Å². The number of likely N-dealkylation sites (tertiary alicyclic amines) is 1. The maximum atomic E-state index is 12.6. The van der Waals surface area contributed by atoms with Gasteiger partial charge in [-0.1, -0.05) is 18.0 Å². The minimum atomic E-state index is -0.00525. The predicted molar refractivity (Wildman–Crippen MR) is 95.3 cm³/mol. The standard InChI is InChI=1S/C18H24ClN3O/c1-13-15-12-14(19)6-7-16(15)21(2)17(13)18(23)20-8-11-22-9-4-3-5-10-22/h6-7,12H,3-5,8-11H2,1-2H3,(H,20,23). The Labute approximate surface area is 142 Å². The average Bonchev–Trinajstić information content (AvgIpc) is 2.79. The number of nitrogens with one attached hydrogen (secondary N) is 1. The van der Waals surface area contributed by atoms with Crippen LogP contribution in [0.2, 0.25) is 5.02 Å². The van der Waals surface area contributed by atoms with Gasteiger partial charge in [-0.25, -0.2) is 0 Å². The third kappa shape index (κ3) is 3.38. The molecule has 0 spiro atoms. The van der Waals surface area contributed by atoms with Crippen molar-refractivity contribution in [3.8, 4) is 0 Å². The maximum absolute atomic E-state index is 12.6. The second-order valence-corrected chi connectivity index (χ2v) is 6.79. The first-order valence-electron chi connectivity index (χ1n) is 8.33. The summed E-state index contributed by atoms with van der Waals surface area (Å²) in [7, 11) is 1.93. The van der Waals surface area contributed by atoms with Crippen LogP contribution in [0.4, 0.5) is 0 Å². The molecule has 2 heterocycles. The quantitative estimate of drug-likeness (QED) is 0.931. The van der Waals surface area contributed by atoms with Crippen molar-refractivity contribution in [1.82, 2.24) is 14.8 Å². The summed E-state index contributed by atoms with van der Waals surface area (Å²) in [4.78, 5) is 15.0. The molecule has 0 saturated carbocycles. The molecule has 4 nitrogen and oxygen atoms in total. The van der Waals surface area contributed by atoms with E-state index in [1.54, 1.807) is 0 Å². The number of benzene rings is 1. The second kappa shape index (κ2) is 6.93. The normalized spacial score (nSPS) is 16.0. The van der Waals surface area contributed by atoms with Crippen LogP contribution in [0.15, 0.2) is 18.2 Å². The number of hydrogen-bond acceptors (Lipinski definition) is 2. The lowest BCUT2D eigenvalue weighted by Crippen LogP contribution is -2.38. The molecule has 1 aromatic carbocycles. The SMILES string of the molecule is Cc1c(C(=O)NCCN2CCCCC2)n(C)c2ccc(Cl)cc12. The van der Waals surface area contributed by atoms with Gasteiger partial charge in [0.25, 0.3) is 5.91 Å². The Kier molecular flexibility index (Phi) is 4.93. The van der Waals surface area contributed by atoms with Crippen LogP contribution in [-0.4, -0.2) is 41.6 Å². The van der Waals surface area contributed by atoms with Crippen LogP contribution in [0.1, 0.15) is 35.3 Å². The van der Waals surface area contributed by atoms with Gasteiger partial charge in [-0.2, -0.15) is 0 Å². The van der Waals surface area contributed by atoms with E-state index in [0.717, 1.165) is 41.8 Å². The number of carbonyl (C=O) groups is 1. The summed E-state index contributed by atoms with van der Waals surface area (Å²) in [5.74, 6) is -0.00525. The predicted octanol–water partition coefficient (Wildman–Crippen LogP) is 3.36. The van der Waals surface area contributed by atoms with Crippen molar-refractivity contribution in [2.45, 2.75) is 26.2 Å². The molecule has 1 amide bonds. The Balaban J connectivity index is 1.70. The summed E-state index contributed by atoms with van der Waals surface area (Å²) in [6, 6.07) is 5.76. The number of aromatic nitrogens is 1. The highest BCUT2D eigenvalue weighted by Gasteiger charge is 2.18. The fourth-order valence-corrected chi connectivity index (χ4v) is 3.69. The fraction of sp³-hybridized carbons (Fsp3) is 0.500. The van der Waals surface area contributed by atoms with Crippen LogP contribution in [0.5, 0.6) is 0 Å². The van der Waals surface area contributed by atoms with Gasteiger partial charge in [0.2, 0.25) is 0 Å². The number of hydrogen-bond donors (Lipinski definition) is 1. The van der Waals surface area contributed by atoms with E-state index < -0.39 is 0 Å². The number of rotatable bonds is 4. The maximum Gasteiger partial charge on any atom is 0.268 e. The van der Waals surface area contributed by atoms with E-state index >= 15 is 0 Å². The van der Waals surface area contributed by atoms with E-state index in [-0.39, 0.29) is 5.91 Å². The first-order valence-corrected chi connectivity index (χ1v) is 8.71. The summed E-state index contributed by atoms with van der Waals surface area (Å²) < 4.78 is 1.96. The van der Waals surface area contributed by atoms with Crippen LogP contribution in [0.3, 0.4) is 0 Å². The molecule has 0 radical (unpaired) electrons. The molecule has 23 heavy (non-hydrogen) atoms. The van der Waals surface area contributed by atoms with Crippen molar-refractivity contribution >= 4 is 28.4 Å². The van der Waals surface area contributed by atoms with E-state index in [1.165, 1.54) is 19.3 Å². The van der Waals surface area contributed by atoms with Gasteiger partial charge in [-0.3, -0.25) is 4.79 Å². The second-order valence-electron chi connectivity index (χ2n) is 6.35. The van der Waals surface area contributed by atoms with Crippen molar-refractivity contribution in [1.29, 1.82) is 0 Å². The average molecular weight is 334 g/mol. The van der Waals surface area contributed by atoms with Gasteiger partial charge in [0, 0.05) is 36.1 Å². The molecule has 5 heteroatoms. The number of piperidine rings is 1. The highest BCUT2D eigenvalue weighted by Crippen LogP contribution is 2.27. The molecule has 1 fully saturated rings. The smallest absolute Gasteiger partial charge is 0.268 e. The van der Waals surface area contributed by atoms with E-state index in [1.807, 2.05) is 36.7 Å². The largest absolute Gasteiger partial charge is 0.349 e. The number of fused-ring (bicyclic) bond motifs is 1. The Morgan fingerprint density at radius 2 is 2.00 bits per heavy atom.